The molecule has 1 aliphatic heterocycles. The number of aryl methyl sites for hydroxylation is 1. The number of carbonyl (C=O) groups is 4. The van der Waals surface area contributed by atoms with Crippen LogP contribution in [0.5, 0.6) is 0 Å². The van der Waals surface area contributed by atoms with E-state index >= 15 is 0 Å². The maximum atomic E-state index is 13.8. The van der Waals surface area contributed by atoms with E-state index in [-0.39, 0.29) is 24.0 Å². The molecule has 0 spiro atoms. The van der Waals surface area contributed by atoms with Crippen molar-refractivity contribution in [3.63, 3.8) is 0 Å². The van der Waals surface area contributed by atoms with Crippen LogP contribution >= 0.6 is 11.8 Å². The van der Waals surface area contributed by atoms with Gasteiger partial charge in [0.1, 0.15) is 6.04 Å². The number of urea groups is 1. The second-order valence-electron chi connectivity index (χ2n) is 11.2. The molecule has 0 unspecified atom stereocenters. The van der Waals surface area contributed by atoms with Crippen LogP contribution in [0.15, 0.2) is 78.9 Å². The Morgan fingerprint density at radius 2 is 1.70 bits per heavy atom. The van der Waals surface area contributed by atoms with E-state index in [1.54, 1.807) is 24.3 Å². The van der Waals surface area contributed by atoms with Crippen molar-refractivity contribution in [3.8, 4) is 0 Å². The number of anilines is 1. The number of thioether (sulfide) groups is 1. The van der Waals surface area contributed by atoms with Gasteiger partial charge in [0.05, 0.1) is 11.9 Å². The first-order valence-corrected chi connectivity index (χ1v) is 15.1. The first-order valence-electron chi connectivity index (χ1n) is 14.1. The third kappa shape index (κ3) is 8.03. The second kappa shape index (κ2) is 13.9. The van der Waals surface area contributed by atoms with Crippen LogP contribution in [0, 0.1) is 6.92 Å². The summed E-state index contributed by atoms with van der Waals surface area (Å²) in [6.07, 6.45) is -1.46. The predicted molar refractivity (Wildman–Crippen MR) is 169 cm³/mol. The molecule has 0 aliphatic carbocycles. The Morgan fingerprint density at radius 3 is 2.40 bits per heavy atom. The molecule has 0 bridgehead atoms. The molecule has 4 amide bonds. The van der Waals surface area contributed by atoms with Gasteiger partial charge in [0, 0.05) is 22.5 Å². The van der Waals surface area contributed by atoms with Gasteiger partial charge in [-0.15, -0.1) is 11.8 Å². The van der Waals surface area contributed by atoms with Crippen LogP contribution in [0.25, 0.3) is 0 Å². The molecule has 1 fully saturated rings. The molecule has 4 N–H and O–H groups in total. The van der Waals surface area contributed by atoms with Gasteiger partial charge in [-0.3, -0.25) is 14.4 Å². The maximum absolute atomic E-state index is 13.8. The molecule has 1 saturated heterocycles. The molecule has 1 aliphatic rings. The number of rotatable bonds is 10. The van der Waals surface area contributed by atoms with E-state index in [4.69, 9.17) is 0 Å². The summed E-state index contributed by atoms with van der Waals surface area (Å²) in [5.41, 5.74) is 3.67. The van der Waals surface area contributed by atoms with Crippen molar-refractivity contribution in [2.75, 3.05) is 11.2 Å². The van der Waals surface area contributed by atoms with Crippen molar-refractivity contribution in [1.29, 1.82) is 0 Å². The Balaban J connectivity index is 1.52. The van der Waals surface area contributed by atoms with Crippen LogP contribution in [0.2, 0.25) is 0 Å². The molecule has 4 rings (SSSR count). The van der Waals surface area contributed by atoms with Gasteiger partial charge in [0.15, 0.2) is 11.9 Å². The Morgan fingerprint density at radius 1 is 1.00 bits per heavy atom. The number of hydrogen-bond acceptors (Lipinski definition) is 6. The van der Waals surface area contributed by atoms with Crippen molar-refractivity contribution in [3.05, 3.63) is 101 Å². The van der Waals surface area contributed by atoms with Crippen molar-refractivity contribution in [2.45, 2.75) is 63.6 Å². The van der Waals surface area contributed by atoms with E-state index in [0.29, 0.717) is 17.8 Å². The highest BCUT2D eigenvalue weighted by atomic mass is 32.2. The SMILES string of the molecule is CC(=O)c1cccc(NC(=O)N[C@@H](Cc2ccccc2)[C@H](O)C(=O)N2CSC(C)(C)[C@H]2C(=O)NCc2ccccc2C)c1. The summed E-state index contributed by atoms with van der Waals surface area (Å²) in [7, 11) is 0. The second-order valence-corrected chi connectivity index (χ2v) is 12.8. The molecule has 3 aromatic rings. The highest BCUT2D eigenvalue weighted by Crippen LogP contribution is 2.40. The van der Waals surface area contributed by atoms with Gasteiger partial charge < -0.3 is 26.0 Å². The molecule has 1 heterocycles. The lowest BCUT2D eigenvalue weighted by Gasteiger charge is -2.33. The first-order chi connectivity index (χ1) is 20.5. The van der Waals surface area contributed by atoms with Crippen molar-refractivity contribution >= 4 is 41.1 Å². The van der Waals surface area contributed by atoms with Gasteiger partial charge in [-0.1, -0.05) is 66.7 Å². The summed E-state index contributed by atoms with van der Waals surface area (Å²) in [6.45, 7) is 7.52. The molecule has 10 heteroatoms. The summed E-state index contributed by atoms with van der Waals surface area (Å²) in [4.78, 5) is 53.6. The molecule has 0 radical (unpaired) electrons. The van der Waals surface area contributed by atoms with Gasteiger partial charge >= 0.3 is 6.03 Å². The van der Waals surface area contributed by atoms with Gasteiger partial charge in [-0.25, -0.2) is 4.79 Å². The maximum Gasteiger partial charge on any atom is 0.319 e. The van der Waals surface area contributed by atoms with Crippen LogP contribution in [-0.2, 0) is 22.6 Å². The monoisotopic (exact) mass is 602 g/mol. The number of nitrogens with one attached hydrogen (secondary N) is 3. The van der Waals surface area contributed by atoms with Gasteiger partial charge in [0.2, 0.25) is 5.91 Å². The molecule has 3 atom stereocenters. The Bertz CT molecular complexity index is 1480. The fraction of sp³-hybridized carbons (Fsp3) is 0.333. The quantitative estimate of drug-likeness (QED) is 0.257. The van der Waals surface area contributed by atoms with E-state index in [0.717, 1.165) is 16.7 Å². The number of aliphatic hydroxyl groups excluding tert-OH is 1. The minimum atomic E-state index is -1.63. The summed E-state index contributed by atoms with van der Waals surface area (Å²) in [5, 5.41) is 19.8. The minimum absolute atomic E-state index is 0.143. The number of benzene rings is 3. The van der Waals surface area contributed by atoms with Crippen molar-refractivity contribution < 1.29 is 24.3 Å². The topological polar surface area (TPSA) is 128 Å². The summed E-state index contributed by atoms with van der Waals surface area (Å²) in [6, 6.07) is 21.0. The van der Waals surface area contributed by atoms with Crippen LogP contribution < -0.4 is 16.0 Å². The number of aliphatic hydroxyl groups is 1. The largest absolute Gasteiger partial charge is 0.381 e. The summed E-state index contributed by atoms with van der Waals surface area (Å²) < 4.78 is -0.605. The number of amides is 4. The average molecular weight is 603 g/mol. The molecular weight excluding hydrogens is 564 g/mol. The zero-order chi connectivity index (χ0) is 31.1. The van der Waals surface area contributed by atoms with Gasteiger partial charge in [-0.05, 0) is 62.9 Å². The summed E-state index contributed by atoms with van der Waals surface area (Å²) >= 11 is 1.46. The van der Waals surface area contributed by atoms with Crippen molar-refractivity contribution in [1.82, 2.24) is 15.5 Å². The normalized spacial score (nSPS) is 17.0. The van der Waals surface area contributed by atoms with E-state index in [2.05, 4.69) is 16.0 Å². The van der Waals surface area contributed by atoms with Crippen LogP contribution in [0.4, 0.5) is 10.5 Å². The standard InChI is InChI=1S/C33H38N4O5S/c1-21-11-8-9-14-25(21)19-34-30(40)29-33(3,4)43-20-37(29)31(41)28(39)27(17-23-12-6-5-7-13-23)36-32(42)35-26-16-10-15-24(18-26)22(2)38/h5-16,18,27-29,39H,17,19-20H2,1-4H3,(H,34,40)(H2,35,36,42)/t27-,28-,29+/m0/s1. The van der Waals surface area contributed by atoms with E-state index in [1.165, 1.54) is 23.6 Å². The molecule has 0 aromatic heterocycles. The minimum Gasteiger partial charge on any atom is -0.381 e. The lowest BCUT2D eigenvalue weighted by molar-refractivity contribution is -0.147. The highest BCUT2D eigenvalue weighted by molar-refractivity contribution is 8.00. The van der Waals surface area contributed by atoms with E-state index < -0.39 is 34.9 Å². The van der Waals surface area contributed by atoms with Crippen LogP contribution in [0.1, 0.15) is 47.8 Å². The molecule has 9 nitrogen and oxygen atoms in total. The van der Waals surface area contributed by atoms with E-state index in [9.17, 15) is 24.3 Å². The fourth-order valence-electron chi connectivity index (χ4n) is 5.10. The number of ketones is 1. The van der Waals surface area contributed by atoms with Crippen LogP contribution in [0.3, 0.4) is 0 Å². The molecular formula is C33H38N4O5S. The number of hydrogen-bond donors (Lipinski definition) is 4. The van der Waals surface area contributed by atoms with Crippen molar-refractivity contribution in [2.24, 2.45) is 0 Å². The Kier molecular flexibility index (Phi) is 10.3. The zero-order valence-corrected chi connectivity index (χ0v) is 25.6. The summed E-state index contributed by atoms with van der Waals surface area (Å²) in [5.74, 6) is -0.882. The number of Topliss-reactive ketones (excluding diaryl/α,β-unsaturated/α-hetero) is 1. The Hall–Kier alpha value is -4.15. The van der Waals surface area contributed by atoms with Gasteiger partial charge in [0.25, 0.3) is 5.91 Å². The molecule has 43 heavy (non-hydrogen) atoms. The molecule has 0 saturated carbocycles. The smallest absolute Gasteiger partial charge is 0.319 e. The lowest BCUT2D eigenvalue weighted by atomic mass is 9.97. The number of carbonyl (C=O) groups excluding carboxylic acids is 4. The third-order valence-corrected chi connectivity index (χ3v) is 8.94. The molecule has 226 valence electrons. The average Bonchev–Trinajstić information content (AvgIpc) is 3.30. The number of nitrogens with zero attached hydrogens (tertiary/aromatic N) is 1. The van der Waals surface area contributed by atoms with Crippen LogP contribution in [-0.4, -0.2) is 62.4 Å². The van der Waals surface area contributed by atoms with E-state index in [1.807, 2.05) is 75.4 Å². The highest BCUT2D eigenvalue weighted by Gasteiger charge is 2.49. The lowest BCUT2D eigenvalue weighted by Crippen LogP contribution is -2.59. The third-order valence-electron chi connectivity index (χ3n) is 7.57. The predicted octanol–water partition coefficient (Wildman–Crippen LogP) is 4.29. The molecule has 3 aromatic carbocycles. The fourth-order valence-corrected chi connectivity index (χ4v) is 6.24. The first kappa shape index (κ1) is 31.8. The van der Waals surface area contributed by atoms with Gasteiger partial charge in [-0.2, -0.15) is 0 Å². The zero-order valence-electron chi connectivity index (χ0n) is 24.8. The Labute approximate surface area is 256 Å².